The molecule has 0 aliphatic carbocycles. The van der Waals surface area contributed by atoms with Gasteiger partial charge in [0.15, 0.2) is 5.84 Å². The van der Waals surface area contributed by atoms with E-state index in [-0.39, 0.29) is 5.84 Å². The van der Waals surface area contributed by atoms with E-state index in [9.17, 15) is 0 Å². The van der Waals surface area contributed by atoms with Crippen molar-refractivity contribution in [1.29, 1.82) is 0 Å². The third-order valence-electron chi connectivity index (χ3n) is 2.38. The normalized spacial score (nSPS) is 12.5. The van der Waals surface area contributed by atoms with E-state index in [0.717, 1.165) is 17.0 Å². The molecule has 4 nitrogen and oxygen atoms in total. The monoisotopic (exact) mass is 195 g/mol. The fourth-order valence-corrected chi connectivity index (χ4v) is 1.88. The van der Waals surface area contributed by atoms with Crippen molar-refractivity contribution in [3.63, 3.8) is 0 Å². The molecule has 4 heteroatoms. The van der Waals surface area contributed by atoms with Crippen molar-refractivity contribution in [2.45, 2.75) is 33.7 Å². The first kappa shape index (κ1) is 10.6. The highest BCUT2D eigenvalue weighted by Crippen LogP contribution is 2.19. The SMILES string of the molecule is Cc1cc(/C(N)=N/O)c(C)n1C(C)C. The number of hydrogen-bond acceptors (Lipinski definition) is 2. The van der Waals surface area contributed by atoms with Crippen molar-refractivity contribution >= 4 is 5.84 Å². The molecule has 0 atom stereocenters. The molecule has 14 heavy (non-hydrogen) atoms. The van der Waals surface area contributed by atoms with Gasteiger partial charge in [-0.2, -0.15) is 0 Å². The van der Waals surface area contributed by atoms with Gasteiger partial charge in [0.2, 0.25) is 0 Å². The standard InChI is InChI=1S/C10H17N3O/c1-6(2)13-7(3)5-9(8(13)4)10(11)12-14/h5-6,14H,1-4H3,(H2,11,12). The summed E-state index contributed by atoms with van der Waals surface area (Å²) >= 11 is 0. The fourth-order valence-electron chi connectivity index (χ4n) is 1.88. The smallest absolute Gasteiger partial charge is 0.171 e. The van der Waals surface area contributed by atoms with E-state index in [2.05, 4.69) is 23.6 Å². The highest BCUT2D eigenvalue weighted by molar-refractivity contribution is 5.98. The first-order valence-corrected chi connectivity index (χ1v) is 4.65. The molecule has 0 aromatic carbocycles. The Morgan fingerprint density at radius 2 is 2.07 bits per heavy atom. The largest absolute Gasteiger partial charge is 0.409 e. The van der Waals surface area contributed by atoms with Crippen LogP contribution in [0.25, 0.3) is 0 Å². The maximum atomic E-state index is 8.61. The van der Waals surface area contributed by atoms with Crippen molar-refractivity contribution in [2.24, 2.45) is 10.9 Å². The molecule has 0 bridgehead atoms. The van der Waals surface area contributed by atoms with Gasteiger partial charge in [0, 0.05) is 23.0 Å². The Bertz CT molecular complexity index is 364. The van der Waals surface area contributed by atoms with Gasteiger partial charge in [0.25, 0.3) is 0 Å². The van der Waals surface area contributed by atoms with E-state index in [1.807, 2.05) is 19.9 Å². The van der Waals surface area contributed by atoms with Gasteiger partial charge in [-0.15, -0.1) is 0 Å². The number of amidine groups is 1. The number of rotatable bonds is 2. The van der Waals surface area contributed by atoms with E-state index < -0.39 is 0 Å². The van der Waals surface area contributed by atoms with Gasteiger partial charge < -0.3 is 15.5 Å². The molecule has 1 aromatic heterocycles. The minimum Gasteiger partial charge on any atom is -0.409 e. The molecule has 0 amide bonds. The minimum absolute atomic E-state index is 0.171. The number of aromatic nitrogens is 1. The zero-order valence-corrected chi connectivity index (χ0v) is 9.07. The molecule has 0 saturated carbocycles. The van der Waals surface area contributed by atoms with Crippen molar-refractivity contribution < 1.29 is 5.21 Å². The van der Waals surface area contributed by atoms with Crippen LogP contribution in [0.4, 0.5) is 0 Å². The lowest BCUT2D eigenvalue weighted by molar-refractivity contribution is 0.318. The van der Waals surface area contributed by atoms with Gasteiger partial charge in [0.05, 0.1) is 0 Å². The van der Waals surface area contributed by atoms with Crippen molar-refractivity contribution in [1.82, 2.24) is 4.57 Å². The quantitative estimate of drug-likeness (QED) is 0.327. The van der Waals surface area contributed by atoms with Gasteiger partial charge in [-0.1, -0.05) is 5.16 Å². The lowest BCUT2D eigenvalue weighted by atomic mass is 10.2. The van der Waals surface area contributed by atoms with Crippen LogP contribution in [0, 0.1) is 13.8 Å². The minimum atomic E-state index is 0.171. The summed E-state index contributed by atoms with van der Waals surface area (Å²) < 4.78 is 2.16. The summed E-state index contributed by atoms with van der Waals surface area (Å²) in [6, 6.07) is 2.32. The summed E-state index contributed by atoms with van der Waals surface area (Å²) in [7, 11) is 0. The van der Waals surface area contributed by atoms with Crippen LogP contribution in [0.2, 0.25) is 0 Å². The van der Waals surface area contributed by atoms with Gasteiger partial charge in [0.1, 0.15) is 0 Å². The Labute approximate surface area is 84.0 Å². The molecule has 0 saturated heterocycles. The van der Waals surface area contributed by atoms with Crippen LogP contribution in [-0.2, 0) is 0 Å². The van der Waals surface area contributed by atoms with Crippen LogP contribution in [0.3, 0.4) is 0 Å². The number of aryl methyl sites for hydroxylation is 1. The first-order valence-electron chi connectivity index (χ1n) is 4.65. The summed E-state index contributed by atoms with van der Waals surface area (Å²) in [5.74, 6) is 0.171. The van der Waals surface area contributed by atoms with E-state index in [1.54, 1.807) is 0 Å². The first-order chi connectivity index (χ1) is 6.49. The summed E-state index contributed by atoms with van der Waals surface area (Å²) in [6.45, 7) is 8.20. The van der Waals surface area contributed by atoms with Crippen molar-refractivity contribution in [2.75, 3.05) is 0 Å². The molecule has 3 N–H and O–H groups in total. The second kappa shape index (κ2) is 3.74. The zero-order chi connectivity index (χ0) is 10.9. The third-order valence-corrected chi connectivity index (χ3v) is 2.38. The Morgan fingerprint density at radius 3 is 2.43 bits per heavy atom. The van der Waals surface area contributed by atoms with Gasteiger partial charge >= 0.3 is 0 Å². The molecule has 1 heterocycles. The van der Waals surface area contributed by atoms with E-state index in [0.29, 0.717) is 6.04 Å². The van der Waals surface area contributed by atoms with Crippen LogP contribution < -0.4 is 5.73 Å². The van der Waals surface area contributed by atoms with Crippen LogP contribution in [0.5, 0.6) is 0 Å². The molecule has 1 rings (SSSR count). The van der Waals surface area contributed by atoms with E-state index >= 15 is 0 Å². The van der Waals surface area contributed by atoms with E-state index in [1.165, 1.54) is 0 Å². The predicted molar refractivity (Wildman–Crippen MR) is 56.8 cm³/mol. The second-order valence-corrected chi connectivity index (χ2v) is 3.73. The molecule has 0 radical (unpaired) electrons. The van der Waals surface area contributed by atoms with Gasteiger partial charge in [-0.3, -0.25) is 0 Å². The highest BCUT2D eigenvalue weighted by atomic mass is 16.4. The zero-order valence-electron chi connectivity index (χ0n) is 9.07. The summed E-state index contributed by atoms with van der Waals surface area (Å²) in [6.07, 6.45) is 0. The topological polar surface area (TPSA) is 63.5 Å². The second-order valence-electron chi connectivity index (χ2n) is 3.73. The number of oxime groups is 1. The predicted octanol–water partition coefficient (Wildman–Crippen LogP) is 1.78. The average molecular weight is 195 g/mol. The molecule has 0 spiro atoms. The number of nitrogens with zero attached hydrogens (tertiary/aromatic N) is 2. The Balaban J connectivity index is 3.31. The Kier molecular flexibility index (Phi) is 2.84. The average Bonchev–Trinajstić information content (AvgIpc) is 2.40. The molecular formula is C10H17N3O. The van der Waals surface area contributed by atoms with Gasteiger partial charge in [-0.05, 0) is 33.8 Å². The molecule has 78 valence electrons. The van der Waals surface area contributed by atoms with Crippen molar-refractivity contribution in [3.8, 4) is 0 Å². The summed E-state index contributed by atoms with van der Waals surface area (Å²) in [4.78, 5) is 0. The Hall–Kier alpha value is -1.45. The number of hydrogen-bond donors (Lipinski definition) is 2. The van der Waals surface area contributed by atoms with Crippen LogP contribution in [-0.4, -0.2) is 15.6 Å². The molecule has 0 aliphatic rings. The maximum absolute atomic E-state index is 8.61. The number of nitrogens with two attached hydrogens (primary N) is 1. The van der Waals surface area contributed by atoms with E-state index in [4.69, 9.17) is 10.9 Å². The lowest BCUT2D eigenvalue weighted by Gasteiger charge is -2.13. The maximum Gasteiger partial charge on any atom is 0.171 e. The molecule has 0 aliphatic heterocycles. The molecule has 1 aromatic rings. The Morgan fingerprint density at radius 1 is 1.50 bits per heavy atom. The van der Waals surface area contributed by atoms with Crippen LogP contribution in [0.15, 0.2) is 11.2 Å². The van der Waals surface area contributed by atoms with Crippen LogP contribution in [0.1, 0.15) is 36.8 Å². The van der Waals surface area contributed by atoms with Gasteiger partial charge in [-0.25, -0.2) is 0 Å². The van der Waals surface area contributed by atoms with Crippen LogP contribution >= 0.6 is 0 Å². The summed E-state index contributed by atoms with van der Waals surface area (Å²) in [5, 5.41) is 11.6. The third kappa shape index (κ3) is 1.60. The summed E-state index contributed by atoms with van der Waals surface area (Å²) in [5.41, 5.74) is 8.53. The van der Waals surface area contributed by atoms with Crippen molar-refractivity contribution in [3.05, 3.63) is 23.0 Å². The molecule has 0 fully saturated rings. The fraction of sp³-hybridized carbons (Fsp3) is 0.500. The highest BCUT2D eigenvalue weighted by Gasteiger charge is 2.13. The molecular weight excluding hydrogens is 178 g/mol. The molecule has 0 unspecified atom stereocenters. The lowest BCUT2D eigenvalue weighted by Crippen LogP contribution is -2.14.